The number of amides is 1. The number of benzene rings is 1. The van der Waals surface area contributed by atoms with Gasteiger partial charge in [0.2, 0.25) is 0 Å². The first kappa shape index (κ1) is 12.4. The normalized spacial score (nSPS) is 19.6. The van der Waals surface area contributed by atoms with Gasteiger partial charge >= 0.3 is 0 Å². The third kappa shape index (κ3) is 2.79. The van der Waals surface area contributed by atoms with E-state index in [9.17, 15) is 4.79 Å². The van der Waals surface area contributed by atoms with Gasteiger partial charge in [-0.2, -0.15) is 0 Å². The molecular formula is C13H16ClNO2. The largest absolute Gasteiger partial charge is 0.383 e. The summed E-state index contributed by atoms with van der Waals surface area (Å²) in [6.07, 6.45) is 2.07. The fraction of sp³-hybridized carbons (Fsp3) is 0.462. The molecule has 1 atom stereocenters. The van der Waals surface area contributed by atoms with Crippen LogP contribution in [0.4, 0.5) is 0 Å². The highest BCUT2D eigenvalue weighted by atomic mass is 35.5. The van der Waals surface area contributed by atoms with Crippen LogP contribution >= 0.6 is 11.6 Å². The Kier molecular flexibility index (Phi) is 4.02. The van der Waals surface area contributed by atoms with Gasteiger partial charge in [-0.15, -0.1) is 0 Å². The number of hydrogen-bond acceptors (Lipinski definition) is 2. The van der Waals surface area contributed by atoms with Gasteiger partial charge in [-0.1, -0.05) is 11.6 Å². The average Bonchev–Trinajstić information content (AvgIpc) is 2.78. The van der Waals surface area contributed by atoms with Crippen LogP contribution in [-0.4, -0.2) is 37.1 Å². The van der Waals surface area contributed by atoms with Gasteiger partial charge in [0.1, 0.15) is 0 Å². The summed E-state index contributed by atoms with van der Waals surface area (Å²) in [6, 6.07) is 7.25. The second-order valence-electron chi connectivity index (χ2n) is 4.26. The fourth-order valence-corrected chi connectivity index (χ4v) is 2.35. The standard InChI is InChI=1S/C13H16ClNO2/c1-17-9-12-3-2-8-15(12)13(16)10-4-6-11(14)7-5-10/h4-7,12H,2-3,8-9H2,1H3. The average molecular weight is 254 g/mol. The Morgan fingerprint density at radius 1 is 1.47 bits per heavy atom. The Hall–Kier alpha value is -1.06. The molecule has 1 aromatic carbocycles. The van der Waals surface area contributed by atoms with E-state index in [1.807, 2.05) is 4.90 Å². The van der Waals surface area contributed by atoms with Crippen molar-refractivity contribution in [2.24, 2.45) is 0 Å². The second kappa shape index (κ2) is 5.52. The predicted octanol–water partition coefficient (Wildman–Crippen LogP) is 2.59. The molecule has 3 nitrogen and oxygen atoms in total. The number of halogens is 1. The summed E-state index contributed by atoms with van der Waals surface area (Å²) < 4.78 is 5.15. The predicted molar refractivity (Wildman–Crippen MR) is 67.4 cm³/mol. The van der Waals surface area contributed by atoms with E-state index in [0.717, 1.165) is 19.4 Å². The number of hydrogen-bond donors (Lipinski definition) is 0. The smallest absolute Gasteiger partial charge is 0.254 e. The molecule has 0 spiro atoms. The molecule has 1 saturated heterocycles. The monoisotopic (exact) mass is 253 g/mol. The lowest BCUT2D eigenvalue weighted by Gasteiger charge is -2.24. The highest BCUT2D eigenvalue weighted by Gasteiger charge is 2.29. The first-order valence-corrected chi connectivity index (χ1v) is 6.15. The number of nitrogens with zero attached hydrogens (tertiary/aromatic N) is 1. The van der Waals surface area contributed by atoms with E-state index < -0.39 is 0 Å². The van der Waals surface area contributed by atoms with E-state index in [-0.39, 0.29) is 11.9 Å². The molecule has 4 heteroatoms. The van der Waals surface area contributed by atoms with Gasteiger partial charge in [0.15, 0.2) is 0 Å². The van der Waals surface area contributed by atoms with Crippen LogP contribution in [0.25, 0.3) is 0 Å². The minimum Gasteiger partial charge on any atom is -0.383 e. The molecule has 2 rings (SSSR count). The van der Waals surface area contributed by atoms with Crippen molar-refractivity contribution in [1.29, 1.82) is 0 Å². The van der Waals surface area contributed by atoms with Crippen LogP contribution in [0, 0.1) is 0 Å². The first-order valence-electron chi connectivity index (χ1n) is 5.78. The lowest BCUT2D eigenvalue weighted by atomic mass is 10.2. The zero-order chi connectivity index (χ0) is 12.3. The van der Waals surface area contributed by atoms with Crippen molar-refractivity contribution in [3.63, 3.8) is 0 Å². The van der Waals surface area contributed by atoms with Crippen molar-refractivity contribution in [3.8, 4) is 0 Å². The van der Waals surface area contributed by atoms with E-state index in [0.29, 0.717) is 17.2 Å². The molecular weight excluding hydrogens is 238 g/mol. The summed E-state index contributed by atoms with van der Waals surface area (Å²) in [7, 11) is 1.67. The Labute approximate surface area is 106 Å². The highest BCUT2D eigenvalue weighted by molar-refractivity contribution is 6.30. The molecule has 1 aromatic rings. The van der Waals surface area contributed by atoms with E-state index in [1.165, 1.54) is 0 Å². The lowest BCUT2D eigenvalue weighted by Crippen LogP contribution is -2.38. The minimum absolute atomic E-state index is 0.0706. The maximum absolute atomic E-state index is 12.3. The third-order valence-corrected chi connectivity index (χ3v) is 3.34. The quantitative estimate of drug-likeness (QED) is 0.829. The van der Waals surface area contributed by atoms with Gasteiger partial charge in [-0.05, 0) is 37.1 Å². The van der Waals surface area contributed by atoms with E-state index in [4.69, 9.17) is 16.3 Å². The summed E-state index contributed by atoms with van der Waals surface area (Å²) in [4.78, 5) is 14.2. The number of ether oxygens (including phenoxy) is 1. The van der Waals surface area contributed by atoms with Crippen LogP contribution < -0.4 is 0 Å². The molecule has 1 aliphatic heterocycles. The maximum atomic E-state index is 12.3. The van der Waals surface area contributed by atoms with Crippen molar-refractivity contribution >= 4 is 17.5 Å². The Morgan fingerprint density at radius 3 is 2.82 bits per heavy atom. The number of carbonyl (C=O) groups is 1. The summed E-state index contributed by atoms with van der Waals surface area (Å²) in [5.41, 5.74) is 0.692. The summed E-state index contributed by atoms with van der Waals surface area (Å²) in [5.74, 6) is 0.0706. The number of carbonyl (C=O) groups excluding carboxylic acids is 1. The van der Waals surface area contributed by atoms with Crippen LogP contribution in [0.3, 0.4) is 0 Å². The van der Waals surface area contributed by atoms with Gasteiger partial charge in [-0.3, -0.25) is 4.79 Å². The third-order valence-electron chi connectivity index (χ3n) is 3.09. The molecule has 0 aliphatic carbocycles. The van der Waals surface area contributed by atoms with Gasteiger partial charge < -0.3 is 9.64 Å². The fourth-order valence-electron chi connectivity index (χ4n) is 2.23. The number of rotatable bonds is 3. The van der Waals surface area contributed by atoms with Gasteiger partial charge in [0.25, 0.3) is 5.91 Å². The van der Waals surface area contributed by atoms with Gasteiger partial charge in [0.05, 0.1) is 12.6 Å². The van der Waals surface area contributed by atoms with Crippen LogP contribution in [-0.2, 0) is 4.74 Å². The summed E-state index contributed by atoms with van der Waals surface area (Å²) in [5, 5.41) is 0.649. The molecule has 92 valence electrons. The zero-order valence-electron chi connectivity index (χ0n) is 9.86. The topological polar surface area (TPSA) is 29.5 Å². The molecule has 1 heterocycles. The van der Waals surface area contributed by atoms with Crippen LogP contribution in [0.1, 0.15) is 23.2 Å². The molecule has 1 amide bonds. The molecule has 0 N–H and O–H groups in total. The lowest BCUT2D eigenvalue weighted by molar-refractivity contribution is 0.0630. The van der Waals surface area contributed by atoms with Crippen molar-refractivity contribution in [1.82, 2.24) is 4.90 Å². The summed E-state index contributed by atoms with van der Waals surface area (Å²) >= 11 is 5.81. The van der Waals surface area contributed by atoms with Crippen LogP contribution in [0.2, 0.25) is 5.02 Å². The molecule has 1 aliphatic rings. The Bertz CT molecular complexity index is 391. The van der Waals surface area contributed by atoms with Crippen molar-refractivity contribution < 1.29 is 9.53 Å². The number of methoxy groups -OCH3 is 1. The number of likely N-dealkylation sites (tertiary alicyclic amines) is 1. The van der Waals surface area contributed by atoms with Crippen molar-refractivity contribution in [3.05, 3.63) is 34.9 Å². The van der Waals surface area contributed by atoms with Crippen molar-refractivity contribution in [2.45, 2.75) is 18.9 Å². The van der Waals surface area contributed by atoms with Crippen LogP contribution in [0.15, 0.2) is 24.3 Å². The minimum atomic E-state index is 0.0706. The van der Waals surface area contributed by atoms with E-state index >= 15 is 0 Å². The maximum Gasteiger partial charge on any atom is 0.254 e. The molecule has 0 saturated carbocycles. The second-order valence-corrected chi connectivity index (χ2v) is 4.69. The Balaban J connectivity index is 2.11. The first-order chi connectivity index (χ1) is 8.22. The molecule has 0 aromatic heterocycles. The Morgan fingerprint density at radius 2 is 2.18 bits per heavy atom. The highest BCUT2D eigenvalue weighted by Crippen LogP contribution is 2.21. The zero-order valence-corrected chi connectivity index (χ0v) is 10.6. The molecule has 0 radical (unpaired) electrons. The molecule has 17 heavy (non-hydrogen) atoms. The molecule has 0 bridgehead atoms. The van der Waals surface area contributed by atoms with Gasteiger partial charge in [-0.25, -0.2) is 0 Å². The van der Waals surface area contributed by atoms with Crippen molar-refractivity contribution in [2.75, 3.05) is 20.3 Å². The van der Waals surface area contributed by atoms with E-state index in [2.05, 4.69) is 0 Å². The SMILES string of the molecule is COCC1CCCN1C(=O)c1ccc(Cl)cc1. The van der Waals surface area contributed by atoms with Crippen LogP contribution in [0.5, 0.6) is 0 Å². The molecule has 1 unspecified atom stereocenters. The molecule has 1 fully saturated rings. The van der Waals surface area contributed by atoms with Gasteiger partial charge in [0, 0.05) is 24.2 Å². The summed E-state index contributed by atoms with van der Waals surface area (Å²) in [6.45, 7) is 1.43. The van der Waals surface area contributed by atoms with E-state index in [1.54, 1.807) is 31.4 Å².